The molecule has 4 nitrogen and oxygen atoms in total. The number of hydrogen-bond acceptors (Lipinski definition) is 3. The molecule has 1 heterocycles. The summed E-state index contributed by atoms with van der Waals surface area (Å²) >= 11 is 1.25. The number of hydrogen-bond donors (Lipinski definition) is 2. The van der Waals surface area contributed by atoms with Gasteiger partial charge in [0, 0.05) is 11.0 Å². The summed E-state index contributed by atoms with van der Waals surface area (Å²) in [6.45, 7) is 1.80. The average molecular weight is 287 g/mol. The SMILES string of the molecule is Cc1cc(C(=O)O)c(NC(=O)C=Cc2ccccc2)s1. The summed E-state index contributed by atoms with van der Waals surface area (Å²) in [5.41, 5.74) is 1.03. The van der Waals surface area contributed by atoms with Crippen molar-refractivity contribution in [2.75, 3.05) is 5.32 Å². The molecular weight excluding hydrogens is 274 g/mol. The first kappa shape index (κ1) is 14.0. The Morgan fingerprint density at radius 1 is 1.25 bits per heavy atom. The van der Waals surface area contributed by atoms with Crippen LogP contribution in [0.25, 0.3) is 6.08 Å². The van der Waals surface area contributed by atoms with E-state index in [9.17, 15) is 9.59 Å². The van der Waals surface area contributed by atoms with Crippen LogP contribution in [0, 0.1) is 6.92 Å². The lowest BCUT2D eigenvalue weighted by Gasteiger charge is -2.00. The summed E-state index contributed by atoms with van der Waals surface area (Å²) < 4.78 is 0. The normalized spacial score (nSPS) is 10.7. The highest BCUT2D eigenvalue weighted by Gasteiger charge is 2.14. The largest absolute Gasteiger partial charge is 0.478 e. The van der Waals surface area contributed by atoms with Crippen LogP contribution in [0.4, 0.5) is 5.00 Å². The van der Waals surface area contributed by atoms with Crippen LogP contribution >= 0.6 is 11.3 Å². The molecule has 20 heavy (non-hydrogen) atoms. The van der Waals surface area contributed by atoms with E-state index in [0.29, 0.717) is 5.00 Å². The topological polar surface area (TPSA) is 66.4 Å². The van der Waals surface area contributed by atoms with E-state index in [1.165, 1.54) is 17.4 Å². The van der Waals surface area contributed by atoms with Crippen LogP contribution in [0.5, 0.6) is 0 Å². The minimum atomic E-state index is -1.04. The van der Waals surface area contributed by atoms with Crippen molar-refractivity contribution in [2.24, 2.45) is 0 Å². The van der Waals surface area contributed by atoms with Gasteiger partial charge in [-0.15, -0.1) is 11.3 Å². The summed E-state index contributed by atoms with van der Waals surface area (Å²) in [5.74, 6) is -1.39. The standard InChI is InChI=1S/C15H13NO3S/c1-10-9-12(15(18)19)14(20-10)16-13(17)8-7-11-5-3-2-4-6-11/h2-9H,1H3,(H,16,17)(H,18,19). The molecular formula is C15H13NO3S. The highest BCUT2D eigenvalue weighted by molar-refractivity contribution is 7.16. The van der Waals surface area contributed by atoms with E-state index in [0.717, 1.165) is 10.4 Å². The number of aryl methyl sites for hydroxylation is 1. The van der Waals surface area contributed by atoms with Gasteiger partial charge in [-0.3, -0.25) is 4.79 Å². The molecule has 0 unspecified atom stereocenters. The Kier molecular flexibility index (Phi) is 4.32. The van der Waals surface area contributed by atoms with Gasteiger partial charge >= 0.3 is 5.97 Å². The lowest BCUT2D eigenvalue weighted by molar-refractivity contribution is -0.111. The summed E-state index contributed by atoms with van der Waals surface area (Å²) in [6, 6.07) is 10.9. The fourth-order valence-corrected chi connectivity index (χ4v) is 2.56. The molecule has 0 aliphatic heterocycles. The van der Waals surface area contributed by atoms with Crippen molar-refractivity contribution >= 4 is 34.3 Å². The average Bonchev–Trinajstić information content (AvgIpc) is 2.79. The Balaban J connectivity index is 2.09. The molecule has 0 fully saturated rings. The van der Waals surface area contributed by atoms with Crippen LogP contribution in [0.3, 0.4) is 0 Å². The maximum absolute atomic E-state index is 11.8. The fraction of sp³-hybridized carbons (Fsp3) is 0.0667. The van der Waals surface area contributed by atoms with Gasteiger partial charge in [0.2, 0.25) is 5.91 Å². The molecule has 0 spiro atoms. The van der Waals surface area contributed by atoms with Crippen molar-refractivity contribution in [2.45, 2.75) is 6.92 Å². The first-order valence-electron chi connectivity index (χ1n) is 5.94. The number of benzene rings is 1. The summed E-state index contributed by atoms with van der Waals surface area (Å²) in [5, 5.41) is 12.0. The number of rotatable bonds is 4. The molecule has 0 aliphatic rings. The van der Waals surface area contributed by atoms with Gasteiger partial charge in [0.15, 0.2) is 0 Å². The first-order valence-corrected chi connectivity index (χ1v) is 6.76. The molecule has 1 aromatic heterocycles. The fourth-order valence-electron chi connectivity index (χ4n) is 1.66. The van der Waals surface area contributed by atoms with E-state index in [2.05, 4.69) is 5.32 Å². The van der Waals surface area contributed by atoms with E-state index in [-0.39, 0.29) is 11.5 Å². The molecule has 1 amide bonds. The van der Waals surface area contributed by atoms with E-state index in [1.807, 2.05) is 30.3 Å². The zero-order chi connectivity index (χ0) is 14.5. The molecule has 0 atom stereocenters. The maximum Gasteiger partial charge on any atom is 0.338 e. The molecule has 0 radical (unpaired) electrons. The monoisotopic (exact) mass is 287 g/mol. The van der Waals surface area contributed by atoms with E-state index >= 15 is 0 Å². The van der Waals surface area contributed by atoms with Gasteiger partial charge < -0.3 is 10.4 Å². The predicted octanol–water partition coefficient (Wildman–Crippen LogP) is 3.41. The Bertz CT molecular complexity index is 659. The maximum atomic E-state index is 11.8. The Morgan fingerprint density at radius 2 is 1.95 bits per heavy atom. The number of amides is 1. The van der Waals surface area contributed by atoms with Crippen LogP contribution in [0.1, 0.15) is 20.8 Å². The minimum Gasteiger partial charge on any atom is -0.478 e. The third kappa shape index (κ3) is 3.55. The number of carbonyl (C=O) groups excluding carboxylic acids is 1. The third-order valence-corrected chi connectivity index (χ3v) is 3.52. The molecule has 0 bridgehead atoms. The smallest absolute Gasteiger partial charge is 0.338 e. The molecule has 2 rings (SSSR count). The second kappa shape index (κ2) is 6.16. The summed E-state index contributed by atoms with van der Waals surface area (Å²) in [6.07, 6.45) is 3.06. The zero-order valence-electron chi connectivity index (χ0n) is 10.8. The number of aromatic carboxylic acids is 1. The Hall–Kier alpha value is -2.40. The van der Waals surface area contributed by atoms with E-state index < -0.39 is 5.97 Å². The van der Waals surface area contributed by atoms with Crippen LogP contribution in [-0.2, 0) is 4.79 Å². The molecule has 0 saturated carbocycles. The lowest BCUT2D eigenvalue weighted by Crippen LogP contribution is -2.09. The predicted molar refractivity (Wildman–Crippen MR) is 80.1 cm³/mol. The van der Waals surface area contributed by atoms with E-state index in [4.69, 9.17) is 5.11 Å². The van der Waals surface area contributed by atoms with Crippen LogP contribution < -0.4 is 5.32 Å². The molecule has 102 valence electrons. The van der Waals surface area contributed by atoms with Crippen molar-refractivity contribution in [3.63, 3.8) is 0 Å². The number of anilines is 1. The Labute approximate surface area is 120 Å². The quantitative estimate of drug-likeness (QED) is 0.847. The number of thiophene rings is 1. The van der Waals surface area contributed by atoms with Gasteiger partial charge in [0.25, 0.3) is 0 Å². The highest BCUT2D eigenvalue weighted by atomic mass is 32.1. The lowest BCUT2D eigenvalue weighted by atomic mass is 10.2. The van der Waals surface area contributed by atoms with Crippen molar-refractivity contribution in [3.8, 4) is 0 Å². The minimum absolute atomic E-state index is 0.119. The number of carbonyl (C=O) groups is 2. The number of carboxylic acid groups (broad SMARTS) is 1. The summed E-state index contributed by atoms with van der Waals surface area (Å²) in [7, 11) is 0. The van der Waals surface area contributed by atoms with Gasteiger partial charge in [-0.25, -0.2) is 4.79 Å². The summed E-state index contributed by atoms with van der Waals surface area (Å²) in [4.78, 5) is 23.7. The molecule has 2 aromatic rings. The molecule has 1 aromatic carbocycles. The third-order valence-electron chi connectivity index (χ3n) is 2.55. The zero-order valence-corrected chi connectivity index (χ0v) is 11.6. The highest BCUT2D eigenvalue weighted by Crippen LogP contribution is 2.27. The van der Waals surface area contributed by atoms with E-state index in [1.54, 1.807) is 19.1 Å². The molecule has 2 N–H and O–H groups in total. The van der Waals surface area contributed by atoms with Crippen molar-refractivity contribution in [1.82, 2.24) is 0 Å². The second-order valence-electron chi connectivity index (χ2n) is 4.14. The Morgan fingerprint density at radius 3 is 2.60 bits per heavy atom. The molecule has 0 saturated heterocycles. The van der Waals surface area contributed by atoms with Gasteiger partial charge in [-0.05, 0) is 24.6 Å². The molecule has 5 heteroatoms. The van der Waals surface area contributed by atoms with Gasteiger partial charge in [-0.1, -0.05) is 30.3 Å². The van der Waals surface area contributed by atoms with Gasteiger partial charge in [0.1, 0.15) is 5.00 Å². The molecule has 0 aliphatic carbocycles. The number of carboxylic acids is 1. The van der Waals surface area contributed by atoms with Crippen molar-refractivity contribution < 1.29 is 14.7 Å². The van der Waals surface area contributed by atoms with Gasteiger partial charge in [-0.2, -0.15) is 0 Å². The van der Waals surface area contributed by atoms with Crippen LogP contribution in [0.15, 0.2) is 42.5 Å². The number of nitrogens with one attached hydrogen (secondary N) is 1. The van der Waals surface area contributed by atoms with Crippen molar-refractivity contribution in [1.29, 1.82) is 0 Å². The first-order chi connectivity index (χ1) is 9.56. The second-order valence-corrected chi connectivity index (χ2v) is 5.39. The van der Waals surface area contributed by atoms with Crippen molar-refractivity contribution in [3.05, 3.63) is 58.5 Å². The van der Waals surface area contributed by atoms with Crippen LogP contribution in [-0.4, -0.2) is 17.0 Å². The van der Waals surface area contributed by atoms with Gasteiger partial charge in [0.05, 0.1) is 5.56 Å². The van der Waals surface area contributed by atoms with Crippen LogP contribution in [0.2, 0.25) is 0 Å².